The topological polar surface area (TPSA) is 55.4 Å². The Morgan fingerprint density at radius 2 is 2.20 bits per heavy atom. The lowest BCUT2D eigenvalue weighted by Crippen LogP contribution is -2.31. The van der Waals surface area contributed by atoms with E-state index in [1.165, 1.54) is 6.92 Å². The molecule has 0 spiro atoms. The van der Waals surface area contributed by atoms with Crippen LogP contribution in [0.15, 0.2) is 12.1 Å². The molecule has 5 heteroatoms. The second-order valence-electron chi connectivity index (χ2n) is 4.86. The molecule has 1 aromatic carbocycles. The number of aryl methyl sites for hydroxylation is 1. The fourth-order valence-corrected chi connectivity index (χ4v) is 2.59. The summed E-state index contributed by atoms with van der Waals surface area (Å²) in [5, 5.41) is 2.91. The standard InChI is InChI=1S/C15H18ClNO3/c1-3-10-6-11-13(17-9(2)18)4-5-20-15(11)12(7-10)14(19)8-16/h6-7,13H,3-5,8H2,1-2H3,(H,17,18). The van der Waals surface area contributed by atoms with Gasteiger partial charge in [0.05, 0.1) is 24.1 Å². The van der Waals surface area contributed by atoms with Gasteiger partial charge in [0.25, 0.3) is 0 Å². The average molecular weight is 296 g/mol. The van der Waals surface area contributed by atoms with E-state index < -0.39 is 0 Å². The summed E-state index contributed by atoms with van der Waals surface area (Å²) in [4.78, 5) is 23.3. The van der Waals surface area contributed by atoms with Crippen LogP contribution in [-0.4, -0.2) is 24.2 Å². The van der Waals surface area contributed by atoms with E-state index in [1.807, 2.05) is 19.1 Å². The minimum atomic E-state index is -0.151. The van der Waals surface area contributed by atoms with Crippen LogP contribution in [0, 0.1) is 0 Å². The van der Waals surface area contributed by atoms with Crippen molar-refractivity contribution in [2.24, 2.45) is 0 Å². The molecule has 1 aromatic rings. The van der Waals surface area contributed by atoms with Gasteiger partial charge in [-0.1, -0.05) is 6.92 Å². The molecule has 1 unspecified atom stereocenters. The molecule has 1 aliphatic rings. The third-order valence-electron chi connectivity index (χ3n) is 3.41. The fourth-order valence-electron chi connectivity index (χ4n) is 2.45. The Morgan fingerprint density at radius 1 is 1.45 bits per heavy atom. The number of alkyl halides is 1. The van der Waals surface area contributed by atoms with Gasteiger partial charge in [0.15, 0.2) is 5.78 Å². The highest BCUT2D eigenvalue weighted by Gasteiger charge is 2.27. The van der Waals surface area contributed by atoms with E-state index in [4.69, 9.17) is 16.3 Å². The van der Waals surface area contributed by atoms with Gasteiger partial charge >= 0.3 is 0 Å². The maximum Gasteiger partial charge on any atom is 0.217 e. The average Bonchev–Trinajstić information content (AvgIpc) is 2.45. The predicted octanol–water partition coefficient (Wildman–Crippen LogP) is 2.63. The number of hydrogen-bond donors (Lipinski definition) is 1. The Balaban J connectivity index is 2.51. The van der Waals surface area contributed by atoms with E-state index >= 15 is 0 Å². The van der Waals surface area contributed by atoms with Gasteiger partial charge in [-0.05, 0) is 24.1 Å². The van der Waals surface area contributed by atoms with Gasteiger partial charge in [-0.3, -0.25) is 9.59 Å². The molecule has 4 nitrogen and oxygen atoms in total. The van der Waals surface area contributed by atoms with Crippen molar-refractivity contribution >= 4 is 23.3 Å². The molecule has 1 N–H and O–H groups in total. The second kappa shape index (κ2) is 6.27. The van der Waals surface area contributed by atoms with Gasteiger partial charge < -0.3 is 10.1 Å². The molecule has 0 radical (unpaired) electrons. The van der Waals surface area contributed by atoms with Crippen molar-refractivity contribution in [1.82, 2.24) is 5.32 Å². The van der Waals surface area contributed by atoms with E-state index in [1.54, 1.807) is 0 Å². The maximum atomic E-state index is 12.0. The summed E-state index contributed by atoms with van der Waals surface area (Å²) in [6, 6.07) is 3.73. The van der Waals surface area contributed by atoms with Gasteiger partial charge in [-0.15, -0.1) is 11.6 Å². The number of ether oxygens (including phenoxy) is 1. The van der Waals surface area contributed by atoms with Crippen LogP contribution in [0.5, 0.6) is 5.75 Å². The molecular weight excluding hydrogens is 278 g/mol. The quantitative estimate of drug-likeness (QED) is 0.686. The zero-order valence-electron chi connectivity index (χ0n) is 11.7. The van der Waals surface area contributed by atoms with Crippen molar-refractivity contribution in [3.05, 3.63) is 28.8 Å². The molecule has 1 heterocycles. The van der Waals surface area contributed by atoms with E-state index in [0.717, 1.165) is 17.5 Å². The molecule has 20 heavy (non-hydrogen) atoms. The van der Waals surface area contributed by atoms with Gasteiger partial charge in [0.2, 0.25) is 5.91 Å². The number of carbonyl (C=O) groups excluding carboxylic acids is 2. The lowest BCUT2D eigenvalue weighted by molar-refractivity contribution is -0.119. The molecule has 108 valence electrons. The lowest BCUT2D eigenvalue weighted by Gasteiger charge is -2.28. The van der Waals surface area contributed by atoms with Crippen LogP contribution in [0.4, 0.5) is 0 Å². The number of Topliss-reactive ketones (excluding diaryl/α,β-unsaturated/α-hetero) is 1. The van der Waals surface area contributed by atoms with Crippen molar-refractivity contribution < 1.29 is 14.3 Å². The first-order valence-corrected chi connectivity index (χ1v) is 7.26. The Morgan fingerprint density at radius 3 is 2.80 bits per heavy atom. The van der Waals surface area contributed by atoms with Gasteiger partial charge in [0.1, 0.15) is 5.75 Å². The van der Waals surface area contributed by atoms with E-state index in [9.17, 15) is 9.59 Å². The maximum absolute atomic E-state index is 12.0. The number of carbonyl (C=O) groups is 2. The summed E-state index contributed by atoms with van der Waals surface area (Å²) in [6.45, 7) is 3.99. The molecule has 0 bridgehead atoms. The number of hydrogen-bond acceptors (Lipinski definition) is 3. The molecular formula is C15H18ClNO3. The number of rotatable bonds is 4. The summed E-state index contributed by atoms with van der Waals surface area (Å²) in [5.41, 5.74) is 2.43. The molecule has 0 fully saturated rings. The second-order valence-corrected chi connectivity index (χ2v) is 5.13. The number of halogens is 1. The van der Waals surface area contributed by atoms with Gasteiger partial charge in [-0.2, -0.15) is 0 Å². The number of benzene rings is 1. The summed E-state index contributed by atoms with van der Waals surface area (Å²) >= 11 is 5.67. The van der Waals surface area contributed by atoms with Crippen LogP contribution in [-0.2, 0) is 11.2 Å². The summed E-state index contributed by atoms with van der Waals surface area (Å²) in [7, 11) is 0. The van der Waals surface area contributed by atoms with Crippen molar-refractivity contribution in [2.75, 3.05) is 12.5 Å². The smallest absolute Gasteiger partial charge is 0.217 e. The number of fused-ring (bicyclic) bond motifs is 1. The van der Waals surface area contributed by atoms with Crippen molar-refractivity contribution in [1.29, 1.82) is 0 Å². The summed E-state index contributed by atoms with van der Waals surface area (Å²) in [5.74, 6) is 0.253. The molecule has 0 aliphatic carbocycles. The SMILES string of the molecule is CCc1cc(C(=O)CCl)c2c(c1)C(NC(C)=O)CCO2. The minimum absolute atomic E-state index is 0.0756. The lowest BCUT2D eigenvalue weighted by atomic mass is 9.93. The third kappa shape index (κ3) is 2.96. The van der Waals surface area contributed by atoms with Crippen molar-refractivity contribution in [3.8, 4) is 5.75 Å². The minimum Gasteiger partial charge on any atom is -0.492 e. The monoisotopic (exact) mass is 295 g/mol. The summed E-state index contributed by atoms with van der Waals surface area (Å²) < 4.78 is 5.66. The number of ketones is 1. The first-order valence-electron chi connectivity index (χ1n) is 6.72. The molecule has 1 atom stereocenters. The molecule has 0 saturated heterocycles. The Labute approximate surface area is 123 Å². The molecule has 1 amide bonds. The predicted molar refractivity (Wildman–Crippen MR) is 77.5 cm³/mol. The van der Waals surface area contributed by atoms with Crippen molar-refractivity contribution in [3.63, 3.8) is 0 Å². The fraction of sp³-hybridized carbons (Fsp3) is 0.467. The zero-order valence-corrected chi connectivity index (χ0v) is 12.4. The van der Waals surface area contributed by atoms with Crippen LogP contribution < -0.4 is 10.1 Å². The van der Waals surface area contributed by atoms with Crippen LogP contribution in [0.3, 0.4) is 0 Å². The molecule has 2 rings (SSSR count). The van der Waals surface area contributed by atoms with E-state index in [2.05, 4.69) is 5.32 Å². The van der Waals surface area contributed by atoms with Crippen molar-refractivity contribution in [2.45, 2.75) is 32.7 Å². The highest BCUT2D eigenvalue weighted by molar-refractivity contribution is 6.30. The van der Waals surface area contributed by atoms with Crippen LogP contribution in [0.2, 0.25) is 0 Å². The van der Waals surface area contributed by atoms with Gasteiger partial charge in [-0.25, -0.2) is 0 Å². The van der Waals surface area contributed by atoms with Gasteiger partial charge in [0, 0.05) is 18.9 Å². The van der Waals surface area contributed by atoms with E-state index in [0.29, 0.717) is 24.3 Å². The molecule has 0 aromatic heterocycles. The Kier molecular flexibility index (Phi) is 4.65. The number of amides is 1. The zero-order chi connectivity index (χ0) is 14.7. The summed E-state index contributed by atoms with van der Waals surface area (Å²) in [6.07, 6.45) is 1.51. The normalized spacial score (nSPS) is 17.1. The van der Waals surface area contributed by atoms with Crippen LogP contribution >= 0.6 is 11.6 Å². The first kappa shape index (κ1) is 14.9. The van der Waals surface area contributed by atoms with Crippen LogP contribution in [0.25, 0.3) is 0 Å². The highest BCUT2D eigenvalue weighted by Crippen LogP contribution is 2.36. The highest BCUT2D eigenvalue weighted by atomic mass is 35.5. The Bertz CT molecular complexity index is 542. The molecule has 0 saturated carbocycles. The Hall–Kier alpha value is -1.55. The largest absolute Gasteiger partial charge is 0.492 e. The van der Waals surface area contributed by atoms with Crippen LogP contribution in [0.1, 0.15) is 47.8 Å². The first-order chi connectivity index (χ1) is 9.56. The third-order valence-corrected chi connectivity index (χ3v) is 3.66. The number of nitrogens with one attached hydrogen (secondary N) is 1. The van der Waals surface area contributed by atoms with E-state index in [-0.39, 0.29) is 23.6 Å². The molecule has 1 aliphatic heterocycles.